The number of aromatic nitrogens is 1. The second kappa shape index (κ2) is 5.32. The van der Waals surface area contributed by atoms with Crippen molar-refractivity contribution in [2.75, 3.05) is 18.8 Å². The van der Waals surface area contributed by atoms with Crippen LogP contribution >= 0.6 is 0 Å². The van der Waals surface area contributed by atoms with Crippen LogP contribution in [-0.2, 0) is 9.63 Å². The topological polar surface area (TPSA) is 65.9 Å². The van der Waals surface area contributed by atoms with E-state index in [9.17, 15) is 9.90 Å². The predicted molar refractivity (Wildman–Crippen MR) is 65.8 cm³/mol. The van der Waals surface area contributed by atoms with E-state index in [1.54, 1.807) is 17.3 Å². The number of anilines is 1. The largest absolute Gasteiger partial charge is 0.480 e. The first-order chi connectivity index (χ1) is 8.65. The number of pyridine rings is 1. The van der Waals surface area contributed by atoms with Crippen LogP contribution in [0.4, 0.5) is 5.69 Å². The lowest BCUT2D eigenvalue weighted by atomic mass is 10.2. The summed E-state index contributed by atoms with van der Waals surface area (Å²) in [5.74, 6) is -0.823. The Morgan fingerprint density at radius 1 is 1.67 bits per heavy atom. The maximum absolute atomic E-state index is 11.2. The van der Waals surface area contributed by atoms with Crippen LogP contribution in [0.3, 0.4) is 0 Å². The maximum Gasteiger partial charge on any atom is 0.322 e. The van der Waals surface area contributed by atoms with Crippen molar-refractivity contribution in [3.05, 3.63) is 24.0 Å². The molecule has 0 spiro atoms. The van der Waals surface area contributed by atoms with Gasteiger partial charge in [-0.3, -0.25) is 14.6 Å². The van der Waals surface area contributed by atoms with Gasteiger partial charge in [0.05, 0.1) is 12.8 Å². The Labute approximate surface area is 106 Å². The third kappa shape index (κ3) is 2.30. The highest BCUT2D eigenvalue weighted by Gasteiger charge is 2.35. The SMILES string of the molecule is CON(c1cccnc1C)N1CCC[C@H]1C(=O)O. The third-order valence-electron chi connectivity index (χ3n) is 3.10. The molecule has 1 aromatic rings. The number of aliphatic carboxylic acids is 1. The van der Waals surface area contributed by atoms with Crippen LogP contribution in [0.25, 0.3) is 0 Å². The third-order valence-corrected chi connectivity index (χ3v) is 3.10. The van der Waals surface area contributed by atoms with Crippen molar-refractivity contribution >= 4 is 11.7 Å². The molecule has 0 radical (unpaired) electrons. The van der Waals surface area contributed by atoms with E-state index in [-0.39, 0.29) is 0 Å². The Kier molecular flexibility index (Phi) is 3.78. The highest BCUT2D eigenvalue weighted by Crippen LogP contribution is 2.26. The maximum atomic E-state index is 11.2. The van der Waals surface area contributed by atoms with Gasteiger partial charge in [0.15, 0.2) is 0 Å². The van der Waals surface area contributed by atoms with E-state index in [0.29, 0.717) is 13.0 Å². The summed E-state index contributed by atoms with van der Waals surface area (Å²) in [6.45, 7) is 2.53. The molecule has 0 amide bonds. The number of aryl methyl sites for hydroxylation is 1. The number of hydrogen-bond acceptors (Lipinski definition) is 5. The van der Waals surface area contributed by atoms with Gasteiger partial charge in [-0.25, -0.2) is 0 Å². The summed E-state index contributed by atoms with van der Waals surface area (Å²) >= 11 is 0. The first-order valence-electron chi connectivity index (χ1n) is 5.90. The quantitative estimate of drug-likeness (QED) is 0.812. The normalized spacial score (nSPS) is 20.0. The fourth-order valence-electron chi connectivity index (χ4n) is 2.24. The first kappa shape index (κ1) is 12.8. The van der Waals surface area contributed by atoms with Crippen molar-refractivity contribution in [2.24, 2.45) is 0 Å². The van der Waals surface area contributed by atoms with E-state index in [1.807, 2.05) is 13.0 Å². The highest BCUT2D eigenvalue weighted by molar-refractivity contribution is 5.74. The minimum Gasteiger partial charge on any atom is -0.480 e. The summed E-state index contributed by atoms with van der Waals surface area (Å²) in [5.41, 5.74) is 1.57. The molecule has 1 atom stereocenters. The Morgan fingerprint density at radius 3 is 3.06 bits per heavy atom. The molecule has 0 aliphatic carbocycles. The lowest BCUT2D eigenvalue weighted by Gasteiger charge is -2.34. The van der Waals surface area contributed by atoms with Gasteiger partial charge in [-0.15, -0.1) is 0 Å². The minimum atomic E-state index is -0.823. The first-order valence-corrected chi connectivity index (χ1v) is 5.90. The van der Waals surface area contributed by atoms with Crippen LogP contribution in [0.1, 0.15) is 18.5 Å². The van der Waals surface area contributed by atoms with Crippen molar-refractivity contribution in [3.63, 3.8) is 0 Å². The molecule has 1 fully saturated rings. The lowest BCUT2D eigenvalue weighted by molar-refractivity contribution is -0.144. The number of hydrogen-bond donors (Lipinski definition) is 1. The van der Waals surface area contributed by atoms with Crippen LogP contribution in [0.5, 0.6) is 0 Å². The Balaban J connectivity index is 2.29. The lowest BCUT2D eigenvalue weighted by Crippen LogP contribution is -2.48. The molecular formula is C12H17N3O3. The molecule has 0 bridgehead atoms. The fourth-order valence-corrected chi connectivity index (χ4v) is 2.24. The molecule has 1 N–H and O–H groups in total. The summed E-state index contributed by atoms with van der Waals surface area (Å²) in [7, 11) is 1.53. The number of carboxylic acid groups (broad SMARTS) is 1. The molecule has 2 rings (SSSR count). The van der Waals surface area contributed by atoms with Gasteiger partial charge in [0.2, 0.25) is 0 Å². The van der Waals surface area contributed by atoms with Gasteiger partial charge < -0.3 is 5.11 Å². The standard InChI is InChI=1S/C12H17N3O3/c1-9-10(5-3-7-13-9)15(18-2)14-8-4-6-11(14)12(16)17/h3,5,7,11H,4,6,8H2,1-2H3,(H,16,17)/t11-/m0/s1. The smallest absolute Gasteiger partial charge is 0.322 e. The van der Waals surface area contributed by atoms with E-state index in [1.165, 1.54) is 12.3 Å². The molecule has 0 unspecified atom stereocenters. The van der Waals surface area contributed by atoms with Crippen molar-refractivity contribution in [1.29, 1.82) is 0 Å². The number of hydrazine groups is 1. The molecule has 1 aromatic heterocycles. The van der Waals surface area contributed by atoms with Crippen molar-refractivity contribution in [3.8, 4) is 0 Å². The van der Waals surface area contributed by atoms with Gasteiger partial charge in [-0.1, -0.05) is 0 Å². The second-order valence-corrected chi connectivity index (χ2v) is 4.22. The van der Waals surface area contributed by atoms with Gasteiger partial charge in [0.25, 0.3) is 0 Å². The molecule has 6 heteroatoms. The Bertz CT molecular complexity index is 438. The van der Waals surface area contributed by atoms with Crippen molar-refractivity contribution in [2.45, 2.75) is 25.8 Å². The average molecular weight is 251 g/mol. The van der Waals surface area contributed by atoms with E-state index < -0.39 is 12.0 Å². The zero-order chi connectivity index (χ0) is 13.1. The Morgan fingerprint density at radius 2 is 2.44 bits per heavy atom. The second-order valence-electron chi connectivity index (χ2n) is 4.22. The van der Waals surface area contributed by atoms with Crippen LogP contribution < -0.4 is 5.17 Å². The molecule has 0 saturated carbocycles. The van der Waals surface area contributed by atoms with E-state index in [2.05, 4.69) is 4.98 Å². The zero-order valence-corrected chi connectivity index (χ0v) is 10.5. The van der Waals surface area contributed by atoms with Gasteiger partial charge >= 0.3 is 5.97 Å². The Hall–Kier alpha value is -1.66. The van der Waals surface area contributed by atoms with Gasteiger partial charge in [-0.05, 0) is 31.9 Å². The summed E-state index contributed by atoms with van der Waals surface area (Å²) < 4.78 is 0. The summed E-state index contributed by atoms with van der Waals surface area (Å²) in [5, 5.41) is 12.5. The monoisotopic (exact) mass is 251 g/mol. The average Bonchev–Trinajstić information content (AvgIpc) is 2.82. The van der Waals surface area contributed by atoms with Crippen LogP contribution in [0.2, 0.25) is 0 Å². The number of nitrogens with zero attached hydrogens (tertiary/aromatic N) is 3. The van der Waals surface area contributed by atoms with Crippen LogP contribution in [-0.4, -0.2) is 40.8 Å². The molecule has 1 aliphatic heterocycles. The van der Waals surface area contributed by atoms with E-state index in [0.717, 1.165) is 17.8 Å². The summed E-state index contributed by atoms with van der Waals surface area (Å²) in [6.07, 6.45) is 3.18. The van der Waals surface area contributed by atoms with Gasteiger partial charge in [-0.2, -0.15) is 10.2 Å². The fraction of sp³-hybridized carbons (Fsp3) is 0.500. The summed E-state index contributed by atoms with van der Waals surface area (Å²) in [4.78, 5) is 20.7. The number of rotatable bonds is 4. The van der Waals surface area contributed by atoms with Crippen molar-refractivity contribution < 1.29 is 14.7 Å². The number of carbonyl (C=O) groups is 1. The summed E-state index contributed by atoms with van der Waals surface area (Å²) in [6, 6.07) is 3.13. The molecule has 1 saturated heterocycles. The zero-order valence-electron chi connectivity index (χ0n) is 10.5. The molecule has 98 valence electrons. The molecule has 0 aromatic carbocycles. The minimum absolute atomic E-state index is 0.537. The van der Waals surface area contributed by atoms with Crippen molar-refractivity contribution in [1.82, 2.24) is 9.99 Å². The van der Waals surface area contributed by atoms with Gasteiger partial charge in [0, 0.05) is 12.7 Å². The van der Waals surface area contributed by atoms with E-state index >= 15 is 0 Å². The van der Waals surface area contributed by atoms with Gasteiger partial charge in [0.1, 0.15) is 11.7 Å². The molecule has 18 heavy (non-hydrogen) atoms. The number of carboxylic acids is 1. The van der Waals surface area contributed by atoms with Crippen LogP contribution in [0.15, 0.2) is 18.3 Å². The highest BCUT2D eigenvalue weighted by atomic mass is 16.7. The molecule has 6 nitrogen and oxygen atoms in total. The molecule has 2 heterocycles. The molecule has 1 aliphatic rings. The van der Waals surface area contributed by atoms with Crippen LogP contribution in [0, 0.1) is 6.92 Å². The predicted octanol–water partition coefficient (Wildman–Crippen LogP) is 1.22. The van der Waals surface area contributed by atoms with E-state index in [4.69, 9.17) is 4.84 Å². The molecular weight excluding hydrogens is 234 g/mol.